The van der Waals surface area contributed by atoms with Crippen LogP contribution in [0.3, 0.4) is 0 Å². The van der Waals surface area contributed by atoms with Crippen molar-refractivity contribution in [1.82, 2.24) is 48.9 Å². The molecule has 7 rings (SSSR count). The van der Waals surface area contributed by atoms with Crippen LogP contribution in [0.5, 0.6) is 5.88 Å². The Morgan fingerprint density at radius 2 is 1.90 bits per heavy atom. The molecule has 0 saturated carbocycles. The molecule has 1 fully saturated rings. The molecule has 0 aliphatic carbocycles. The van der Waals surface area contributed by atoms with E-state index in [1.165, 1.54) is 5.69 Å². The third-order valence-electron chi connectivity index (χ3n) is 8.40. The SMILES string of the molecule is CCn1cc(-c2nn3c4cc(ncc24)Nc2ccnc(n2)-c2cnn(C)c2OCCC3C)cc1CN1CCN(C)CC1. The van der Waals surface area contributed by atoms with Gasteiger partial charge in [0.1, 0.15) is 22.9 Å². The van der Waals surface area contributed by atoms with Crippen LogP contribution in [0, 0.1) is 0 Å². The quantitative estimate of drug-likeness (QED) is 0.346. The van der Waals surface area contributed by atoms with Crippen LogP contribution in [0.2, 0.25) is 0 Å². The highest BCUT2D eigenvalue weighted by molar-refractivity contribution is 5.94. The average molecular weight is 568 g/mol. The average Bonchev–Trinajstić information content (AvgIpc) is 3.69. The van der Waals surface area contributed by atoms with Crippen molar-refractivity contribution >= 4 is 22.5 Å². The standard InChI is InChI=1S/C30H37N11O/c1-5-40-18-21(14-22(40)19-39-11-9-37(3)10-12-39)28-23-16-32-27-15-25(23)41(36-28)20(2)7-13-42-30-24(17-33-38(30)4)29-31-8-6-26(34-27)35-29/h6,8,14-18,20H,5,7,9-13,19H2,1-4H3,(H,31,32,34,35). The van der Waals surface area contributed by atoms with Gasteiger partial charge in [0.05, 0.1) is 24.4 Å². The van der Waals surface area contributed by atoms with E-state index in [0.29, 0.717) is 29.9 Å². The normalized spacial score (nSPS) is 18.0. The van der Waals surface area contributed by atoms with Gasteiger partial charge in [-0.15, -0.1) is 0 Å². The van der Waals surface area contributed by atoms with E-state index in [0.717, 1.165) is 73.4 Å². The molecule has 0 amide bonds. The summed E-state index contributed by atoms with van der Waals surface area (Å²) in [6.07, 6.45) is 8.40. The maximum atomic E-state index is 6.26. The van der Waals surface area contributed by atoms with Gasteiger partial charge >= 0.3 is 0 Å². The Labute approximate surface area is 244 Å². The number of aryl methyl sites for hydroxylation is 2. The first-order valence-electron chi connectivity index (χ1n) is 14.7. The molecule has 0 aromatic carbocycles. The van der Waals surface area contributed by atoms with Crippen molar-refractivity contribution in [3.05, 3.63) is 48.7 Å². The second-order valence-electron chi connectivity index (χ2n) is 11.3. The summed E-state index contributed by atoms with van der Waals surface area (Å²) in [5.74, 6) is 2.54. The summed E-state index contributed by atoms with van der Waals surface area (Å²) in [5, 5.41) is 14.0. The number of anilines is 2. The van der Waals surface area contributed by atoms with Gasteiger partial charge < -0.3 is 19.5 Å². The van der Waals surface area contributed by atoms with Crippen LogP contribution in [0.4, 0.5) is 11.6 Å². The number of nitrogens with zero attached hydrogens (tertiary/aromatic N) is 10. The highest BCUT2D eigenvalue weighted by atomic mass is 16.5. The van der Waals surface area contributed by atoms with Crippen LogP contribution in [-0.4, -0.2) is 88.7 Å². The van der Waals surface area contributed by atoms with E-state index in [1.807, 2.05) is 19.3 Å². The Hall–Kier alpha value is -4.29. The largest absolute Gasteiger partial charge is 0.477 e. The molecule has 0 spiro atoms. The minimum atomic E-state index is 0.0864. The van der Waals surface area contributed by atoms with Crippen molar-refractivity contribution in [3.63, 3.8) is 0 Å². The van der Waals surface area contributed by atoms with E-state index in [9.17, 15) is 0 Å². The van der Waals surface area contributed by atoms with Gasteiger partial charge in [0, 0.05) is 94.0 Å². The predicted octanol–water partition coefficient (Wildman–Crippen LogP) is 3.94. The van der Waals surface area contributed by atoms with Crippen molar-refractivity contribution in [2.75, 3.05) is 45.2 Å². The Balaban J connectivity index is 1.27. The predicted molar refractivity (Wildman–Crippen MR) is 162 cm³/mol. The van der Waals surface area contributed by atoms with Crippen molar-refractivity contribution in [3.8, 4) is 28.5 Å². The van der Waals surface area contributed by atoms with Crippen molar-refractivity contribution in [2.45, 2.75) is 39.4 Å². The van der Waals surface area contributed by atoms with E-state index >= 15 is 0 Å². The zero-order chi connectivity index (χ0) is 28.8. The number of likely N-dealkylation sites (N-methyl/N-ethyl adjacent to an activating group) is 1. The van der Waals surface area contributed by atoms with E-state index in [2.05, 4.69) is 73.7 Å². The molecular weight excluding hydrogens is 530 g/mol. The van der Waals surface area contributed by atoms with E-state index in [1.54, 1.807) is 17.1 Å². The first-order chi connectivity index (χ1) is 20.5. The molecule has 1 saturated heterocycles. The van der Waals surface area contributed by atoms with E-state index < -0.39 is 0 Å². The number of ether oxygens (including phenoxy) is 1. The van der Waals surface area contributed by atoms with Crippen molar-refractivity contribution < 1.29 is 4.74 Å². The second-order valence-corrected chi connectivity index (χ2v) is 11.3. The first-order valence-corrected chi connectivity index (χ1v) is 14.7. The number of hydrogen-bond acceptors (Lipinski definition) is 9. The fourth-order valence-corrected chi connectivity index (χ4v) is 5.88. The molecule has 42 heavy (non-hydrogen) atoms. The molecule has 5 aromatic rings. The van der Waals surface area contributed by atoms with Crippen LogP contribution >= 0.6 is 0 Å². The molecule has 2 aliphatic heterocycles. The van der Waals surface area contributed by atoms with E-state index in [-0.39, 0.29) is 6.04 Å². The summed E-state index contributed by atoms with van der Waals surface area (Å²) in [5.41, 5.74) is 5.16. The molecule has 5 aromatic heterocycles. The van der Waals surface area contributed by atoms with Gasteiger partial charge in [-0.3, -0.25) is 9.58 Å². The lowest BCUT2D eigenvalue weighted by Crippen LogP contribution is -2.44. The minimum absolute atomic E-state index is 0.0864. The molecule has 1 N–H and O–H groups in total. The summed E-state index contributed by atoms with van der Waals surface area (Å²) in [6, 6.07) is 6.29. The number of fused-ring (bicyclic) bond motifs is 5. The fourth-order valence-electron chi connectivity index (χ4n) is 5.88. The molecule has 1 unspecified atom stereocenters. The number of hydrogen-bond donors (Lipinski definition) is 1. The van der Waals surface area contributed by atoms with Gasteiger partial charge in [-0.1, -0.05) is 0 Å². The summed E-state index contributed by atoms with van der Waals surface area (Å²) < 4.78 is 12.5. The monoisotopic (exact) mass is 567 g/mol. The van der Waals surface area contributed by atoms with Crippen LogP contribution in [0.1, 0.15) is 32.0 Å². The number of aromatic nitrogens is 8. The Kier molecular flexibility index (Phi) is 6.87. The molecule has 4 bridgehead atoms. The lowest BCUT2D eigenvalue weighted by Gasteiger charge is -2.32. The zero-order valence-electron chi connectivity index (χ0n) is 24.7. The highest BCUT2D eigenvalue weighted by Crippen LogP contribution is 2.34. The second kappa shape index (κ2) is 10.8. The Morgan fingerprint density at radius 1 is 1.05 bits per heavy atom. The van der Waals surface area contributed by atoms with Crippen LogP contribution in [-0.2, 0) is 20.1 Å². The van der Waals surface area contributed by atoms with Crippen LogP contribution in [0.25, 0.3) is 33.5 Å². The lowest BCUT2D eigenvalue weighted by molar-refractivity contribution is 0.145. The maximum absolute atomic E-state index is 6.26. The zero-order valence-corrected chi connectivity index (χ0v) is 24.7. The van der Waals surface area contributed by atoms with Gasteiger partial charge in [0.25, 0.3) is 0 Å². The third-order valence-corrected chi connectivity index (χ3v) is 8.40. The number of piperazine rings is 1. The van der Waals surface area contributed by atoms with Gasteiger partial charge in [0.15, 0.2) is 5.82 Å². The molecule has 12 heteroatoms. The van der Waals surface area contributed by atoms with Crippen LogP contribution < -0.4 is 10.1 Å². The first kappa shape index (κ1) is 26.6. The summed E-state index contributed by atoms with van der Waals surface area (Å²) in [4.78, 5) is 18.9. The smallest absolute Gasteiger partial charge is 0.222 e. The van der Waals surface area contributed by atoms with E-state index in [4.69, 9.17) is 19.8 Å². The van der Waals surface area contributed by atoms with Crippen LogP contribution in [0.15, 0.2) is 43.0 Å². The lowest BCUT2D eigenvalue weighted by atomic mass is 10.1. The Bertz CT molecular complexity index is 1730. The molecule has 218 valence electrons. The van der Waals surface area contributed by atoms with Gasteiger partial charge in [-0.25, -0.2) is 19.6 Å². The molecular formula is C30H37N11O. The Morgan fingerprint density at radius 3 is 2.74 bits per heavy atom. The summed E-state index contributed by atoms with van der Waals surface area (Å²) in [6.45, 7) is 11.1. The number of nitrogens with one attached hydrogen (secondary N) is 1. The third kappa shape index (κ3) is 4.90. The topological polar surface area (TPSA) is 107 Å². The number of rotatable bonds is 4. The van der Waals surface area contributed by atoms with Gasteiger partial charge in [0.2, 0.25) is 5.88 Å². The maximum Gasteiger partial charge on any atom is 0.222 e. The fraction of sp³-hybridized carbons (Fsp3) is 0.433. The van der Waals surface area contributed by atoms with Gasteiger partial charge in [-0.2, -0.15) is 10.2 Å². The molecule has 0 radical (unpaired) electrons. The summed E-state index contributed by atoms with van der Waals surface area (Å²) in [7, 11) is 4.06. The molecule has 1 atom stereocenters. The molecule has 7 heterocycles. The van der Waals surface area contributed by atoms with Crippen molar-refractivity contribution in [1.29, 1.82) is 0 Å². The highest BCUT2D eigenvalue weighted by Gasteiger charge is 2.23. The molecule has 12 nitrogen and oxygen atoms in total. The summed E-state index contributed by atoms with van der Waals surface area (Å²) >= 11 is 0. The molecule has 2 aliphatic rings. The van der Waals surface area contributed by atoms with Crippen molar-refractivity contribution in [2.24, 2.45) is 7.05 Å². The van der Waals surface area contributed by atoms with Gasteiger partial charge in [-0.05, 0) is 33.0 Å². The minimum Gasteiger partial charge on any atom is -0.477 e. The number of pyridine rings is 1.